The number of ether oxygens (including phenoxy) is 1. The maximum Gasteiger partial charge on any atom is 0.264 e. The minimum Gasteiger partial charge on any atom is -0.383 e. The fraction of sp³-hybridized carbons (Fsp3) is 0.615. The third-order valence-corrected chi connectivity index (χ3v) is 5.03. The Labute approximate surface area is 129 Å². The molecule has 0 aliphatic rings. The second-order valence-corrected chi connectivity index (χ2v) is 8.00. The number of carbonyl (C=O) groups excluding carboxylic acids is 1. The Morgan fingerprint density at radius 3 is 2.52 bits per heavy atom. The fourth-order valence-corrected chi connectivity index (χ4v) is 4.04. The van der Waals surface area contributed by atoms with Crippen LogP contribution in [0.25, 0.3) is 0 Å². The Morgan fingerprint density at radius 1 is 1.48 bits per heavy atom. The molecule has 1 aromatic rings. The number of hydrogen-bond acceptors (Lipinski definition) is 5. The molecule has 2 N–H and O–H groups in total. The number of methoxy groups -OCH3 is 1. The lowest BCUT2D eigenvalue weighted by molar-refractivity contribution is 0.0677. The summed E-state index contributed by atoms with van der Waals surface area (Å²) in [6, 6.07) is 1.36. The molecule has 1 heterocycles. The highest BCUT2D eigenvalue weighted by atomic mass is 32.2. The van der Waals surface area contributed by atoms with E-state index >= 15 is 0 Å². The van der Waals surface area contributed by atoms with E-state index in [-0.39, 0.29) is 10.8 Å². The lowest BCUT2D eigenvalue weighted by atomic mass is 10.2. The van der Waals surface area contributed by atoms with Crippen LogP contribution >= 0.6 is 11.3 Å². The van der Waals surface area contributed by atoms with Crippen LogP contribution in [0.3, 0.4) is 0 Å². The van der Waals surface area contributed by atoms with Crippen molar-refractivity contribution < 1.29 is 17.9 Å². The molecule has 0 saturated heterocycles. The number of thiophene rings is 1. The van der Waals surface area contributed by atoms with Gasteiger partial charge in [0.25, 0.3) is 5.91 Å². The lowest BCUT2D eigenvalue weighted by Crippen LogP contribution is -2.36. The highest BCUT2D eigenvalue weighted by molar-refractivity contribution is 7.89. The van der Waals surface area contributed by atoms with E-state index in [9.17, 15) is 13.2 Å². The largest absolute Gasteiger partial charge is 0.383 e. The summed E-state index contributed by atoms with van der Waals surface area (Å²) < 4.78 is 27.9. The standard InChI is InChI=1S/C13H22N2O4S2/c1-9(2)8-15(5-6-19-4)13(16)11-7-12(10(3)20-11)21(14,17)18/h7,9H,5-6,8H2,1-4H3,(H2,14,17,18). The van der Waals surface area contributed by atoms with Crippen molar-refractivity contribution in [3.8, 4) is 0 Å². The van der Waals surface area contributed by atoms with Crippen LogP contribution in [0.2, 0.25) is 0 Å². The maximum absolute atomic E-state index is 12.5. The summed E-state index contributed by atoms with van der Waals surface area (Å²) in [5, 5.41) is 5.14. The normalized spacial score (nSPS) is 11.9. The van der Waals surface area contributed by atoms with Gasteiger partial charge in [0.05, 0.1) is 16.4 Å². The van der Waals surface area contributed by atoms with Crippen LogP contribution in [0.4, 0.5) is 0 Å². The predicted octanol–water partition coefficient (Wildman–Crippen LogP) is 1.45. The van der Waals surface area contributed by atoms with E-state index in [4.69, 9.17) is 9.88 Å². The first kappa shape index (κ1) is 18.1. The number of rotatable bonds is 7. The fourth-order valence-electron chi connectivity index (χ4n) is 1.93. The average Bonchev–Trinajstić information content (AvgIpc) is 2.75. The molecule has 0 saturated carbocycles. The number of hydrogen-bond donors (Lipinski definition) is 1. The monoisotopic (exact) mass is 334 g/mol. The number of nitrogens with zero attached hydrogens (tertiary/aromatic N) is 1. The highest BCUT2D eigenvalue weighted by Crippen LogP contribution is 2.26. The molecule has 0 fully saturated rings. The van der Waals surface area contributed by atoms with Gasteiger partial charge in [0, 0.05) is 25.1 Å². The summed E-state index contributed by atoms with van der Waals surface area (Å²) in [5.41, 5.74) is 0. The Morgan fingerprint density at radius 2 is 2.10 bits per heavy atom. The van der Waals surface area contributed by atoms with Gasteiger partial charge < -0.3 is 9.64 Å². The summed E-state index contributed by atoms with van der Waals surface area (Å²) in [4.78, 5) is 15.1. The molecule has 21 heavy (non-hydrogen) atoms. The summed E-state index contributed by atoms with van der Waals surface area (Å²) in [6.07, 6.45) is 0. The van der Waals surface area contributed by atoms with Gasteiger partial charge in [0.2, 0.25) is 10.0 Å². The van der Waals surface area contributed by atoms with Gasteiger partial charge >= 0.3 is 0 Å². The molecular weight excluding hydrogens is 312 g/mol. The van der Waals surface area contributed by atoms with Crippen molar-refractivity contribution in [2.75, 3.05) is 26.8 Å². The van der Waals surface area contributed by atoms with Crippen molar-refractivity contribution in [3.63, 3.8) is 0 Å². The zero-order valence-electron chi connectivity index (χ0n) is 12.8. The molecule has 6 nitrogen and oxygen atoms in total. The second-order valence-electron chi connectivity index (χ2n) is 5.21. The molecule has 8 heteroatoms. The van der Waals surface area contributed by atoms with Gasteiger partial charge in [0.1, 0.15) is 0 Å². The van der Waals surface area contributed by atoms with E-state index in [1.54, 1.807) is 18.9 Å². The van der Waals surface area contributed by atoms with E-state index < -0.39 is 10.0 Å². The third kappa shape index (κ3) is 5.06. The van der Waals surface area contributed by atoms with E-state index in [1.165, 1.54) is 6.07 Å². The van der Waals surface area contributed by atoms with Crippen LogP contribution in [-0.4, -0.2) is 46.0 Å². The molecule has 0 aliphatic heterocycles. The molecule has 1 aromatic heterocycles. The highest BCUT2D eigenvalue weighted by Gasteiger charge is 2.23. The number of sulfonamides is 1. The number of nitrogens with two attached hydrogens (primary N) is 1. The number of carbonyl (C=O) groups is 1. The molecule has 0 aliphatic carbocycles. The van der Waals surface area contributed by atoms with Gasteiger partial charge in [0.15, 0.2) is 0 Å². The van der Waals surface area contributed by atoms with E-state index in [2.05, 4.69) is 0 Å². The molecule has 1 rings (SSSR count). The van der Waals surface area contributed by atoms with Crippen molar-refractivity contribution >= 4 is 27.3 Å². The summed E-state index contributed by atoms with van der Waals surface area (Å²) in [7, 11) is -2.22. The molecule has 0 spiro atoms. The van der Waals surface area contributed by atoms with Crippen LogP contribution in [-0.2, 0) is 14.8 Å². The Balaban J connectivity index is 3.03. The molecule has 0 bridgehead atoms. The van der Waals surface area contributed by atoms with Crippen LogP contribution in [0.5, 0.6) is 0 Å². The van der Waals surface area contributed by atoms with E-state index in [0.717, 1.165) is 11.3 Å². The number of aryl methyl sites for hydroxylation is 1. The summed E-state index contributed by atoms with van der Waals surface area (Å²) in [5.74, 6) is 0.119. The number of primary sulfonamides is 1. The number of amides is 1. The molecule has 0 atom stereocenters. The van der Waals surface area contributed by atoms with Gasteiger partial charge in [-0.3, -0.25) is 4.79 Å². The summed E-state index contributed by atoms with van der Waals surface area (Å²) in [6.45, 7) is 7.16. The lowest BCUT2D eigenvalue weighted by Gasteiger charge is -2.23. The molecular formula is C13H22N2O4S2. The Bertz CT molecular complexity index is 593. The molecule has 120 valence electrons. The Hall–Kier alpha value is -0.960. The van der Waals surface area contributed by atoms with E-state index in [0.29, 0.717) is 35.4 Å². The topological polar surface area (TPSA) is 89.7 Å². The second kappa shape index (κ2) is 7.35. The van der Waals surface area contributed by atoms with E-state index in [1.807, 2.05) is 13.8 Å². The maximum atomic E-state index is 12.5. The van der Waals surface area contributed by atoms with Crippen molar-refractivity contribution in [3.05, 3.63) is 15.8 Å². The van der Waals surface area contributed by atoms with Crippen molar-refractivity contribution in [1.82, 2.24) is 4.90 Å². The first-order valence-electron chi connectivity index (χ1n) is 6.58. The van der Waals surface area contributed by atoms with Crippen LogP contribution in [0, 0.1) is 12.8 Å². The quantitative estimate of drug-likeness (QED) is 0.817. The van der Waals surface area contributed by atoms with Crippen molar-refractivity contribution in [2.24, 2.45) is 11.1 Å². The average molecular weight is 334 g/mol. The first-order valence-corrected chi connectivity index (χ1v) is 8.94. The van der Waals surface area contributed by atoms with Gasteiger partial charge in [-0.25, -0.2) is 13.6 Å². The van der Waals surface area contributed by atoms with Crippen LogP contribution in [0.1, 0.15) is 28.4 Å². The molecule has 0 aromatic carbocycles. The van der Waals surface area contributed by atoms with Gasteiger partial charge in [-0.15, -0.1) is 11.3 Å². The molecule has 0 radical (unpaired) electrons. The SMILES string of the molecule is COCCN(CC(C)C)C(=O)c1cc(S(N)(=O)=O)c(C)s1. The van der Waals surface area contributed by atoms with Crippen molar-refractivity contribution in [1.29, 1.82) is 0 Å². The zero-order valence-corrected chi connectivity index (χ0v) is 14.4. The predicted molar refractivity (Wildman–Crippen MR) is 83.0 cm³/mol. The first-order chi connectivity index (χ1) is 9.66. The zero-order chi connectivity index (χ0) is 16.2. The summed E-state index contributed by atoms with van der Waals surface area (Å²) >= 11 is 1.15. The third-order valence-electron chi connectivity index (χ3n) is 2.83. The van der Waals surface area contributed by atoms with Crippen LogP contribution in [0.15, 0.2) is 11.0 Å². The van der Waals surface area contributed by atoms with Gasteiger partial charge in [-0.1, -0.05) is 13.8 Å². The minimum atomic E-state index is -3.80. The molecule has 0 unspecified atom stereocenters. The van der Waals surface area contributed by atoms with Gasteiger partial charge in [-0.05, 0) is 18.9 Å². The van der Waals surface area contributed by atoms with Gasteiger partial charge in [-0.2, -0.15) is 0 Å². The Kier molecular flexibility index (Phi) is 6.33. The smallest absolute Gasteiger partial charge is 0.264 e. The molecule has 1 amide bonds. The minimum absolute atomic E-state index is 0.0205. The van der Waals surface area contributed by atoms with Crippen molar-refractivity contribution in [2.45, 2.75) is 25.7 Å². The van der Waals surface area contributed by atoms with Crippen LogP contribution < -0.4 is 5.14 Å².